The Kier molecular flexibility index (Phi) is 7.90. The quantitative estimate of drug-likeness (QED) is 0.330. The van der Waals surface area contributed by atoms with Gasteiger partial charge in [-0.15, -0.1) is 0 Å². The first-order chi connectivity index (χ1) is 18.3. The molecule has 1 saturated heterocycles. The molecule has 0 N–H and O–H groups in total. The zero-order valence-electron chi connectivity index (χ0n) is 21.7. The van der Waals surface area contributed by atoms with Gasteiger partial charge >= 0.3 is 12.4 Å². The second-order valence-electron chi connectivity index (χ2n) is 9.82. The maximum absolute atomic E-state index is 13.3. The van der Waals surface area contributed by atoms with Crippen molar-refractivity contribution < 1.29 is 31.1 Å². The van der Waals surface area contributed by atoms with Crippen LogP contribution < -0.4 is 4.90 Å². The van der Waals surface area contributed by atoms with Gasteiger partial charge in [0.2, 0.25) is 0 Å². The molecular formula is C28H28F6N4O. The summed E-state index contributed by atoms with van der Waals surface area (Å²) in [6, 6.07) is 10.5. The molecule has 3 aromatic rings. The summed E-state index contributed by atoms with van der Waals surface area (Å²) in [7, 11) is 0. The van der Waals surface area contributed by atoms with Crippen LogP contribution in [0.3, 0.4) is 0 Å². The standard InChI is InChI=1S/C28H28F6N4O/c1-17(2)23-18(3)35-24(19-8-5-4-6-9-19)36-25(23)37-10-7-11-38(13-12-37)26(39)20-14-21(27(29,30)31)16-22(15-20)28(32,33)34/h4-6,8-9,14-17H,7,10-13H2,1-3H3. The highest BCUT2D eigenvalue weighted by molar-refractivity contribution is 5.94. The zero-order chi connectivity index (χ0) is 28.5. The lowest BCUT2D eigenvalue weighted by Gasteiger charge is -2.27. The van der Waals surface area contributed by atoms with Crippen molar-refractivity contribution >= 4 is 11.7 Å². The molecule has 0 unspecified atom stereocenters. The number of hydrogen-bond donors (Lipinski definition) is 0. The number of carbonyl (C=O) groups excluding carboxylic acids is 1. The van der Waals surface area contributed by atoms with E-state index in [1.54, 1.807) is 0 Å². The van der Waals surface area contributed by atoms with Crippen LogP contribution in [0.5, 0.6) is 0 Å². The highest BCUT2D eigenvalue weighted by atomic mass is 19.4. The van der Waals surface area contributed by atoms with E-state index in [0.29, 0.717) is 43.3 Å². The molecule has 2 aromatic carbocycles. The third-order valence-electron chi connectivity index (χ3n) is 6.64. The molecule has 1 aromatic heterocycles. The number of benzene rings is 2. The van der Waals surface area contributed by atoms with Gasteiger partial charge in [0.05, 0.1) is 11.1 Å². The molecule has 0 aliphatic carbocycles. The van der Waals surface area contributed by atoms with Crippen LogP contribution in [0, 0.1) is 6.92 Å². The van der Waals surface area contributed by atoms with E-state index in [4.69, 9.17) is 9.97 Å². The Morgan fingerprint density at radius 1 is 0.846 bits per heavy atom. The topological polar surface area (TPSA) is 49.3 Å². The minimum atomic E-state index is -5.03. The molecule has 11 heteroatoms. The summed E-state index contributed by atoms with van der Waals surface area (Å²) in [5.74, 6) is 0.482. The maximum atomic E-state index is 13.3. The largest absolute Gasteiger partial charge is 0.416 e. The van der Waals surface area contributed by atoms with Gasteiger partial charge in [0.15, 0.2) is 5.82 Å². The Morgan fingerprint density at radius 2 is 1.46 bits per heavy atom. The number of carbonyl (C=O) groups is 1. The maximum Gasteiger partial charge on any atom is 0.416 e. The van der Waals surface area contributed by atoms with Crippen molar-refractivity contribution in [2.24, 2.45) is 0 Å². The fourth-order valence-corrected chi connectivity index (χ4v) is 4.79. The summed E-state index contributed by atoms with van der Waals surface area (Å²) in [5, 5.41) is 0. The predicted molar refractivity (Wildman–Crippen MR) is 135 cm³/mol. The summed E-state index contributed by atoms with van der Waals surface area (Å²) < 4.78 is 80.0. The smallest absolute Gasteiger partial charge is 0.354 e. The van der Waals surface area contributed by atoms with Crippen molar-refractivity contribution in [3.05, 3.63) is 76.5 Å². The molecule has 0 saturated carbocycles. The summed E-state index contributed by atoms with van der Waals surface area (Å²) in [5.41, 5.74) is -1.06. The average molecular weight is 551 g/mol. The van der Waals surface area contributed by atoms with Crippen molar-refractivity contribution in [1.82, 2.24) is 14.9 Å². The highest BCUT2D eigenvalue weighted by Gasteiger charge is 2.38. The number of aryl methyl sites for hydroxylation is 1. The van der Waals surface area contributed by atoms with E-state index in [9.17, 15) is 31.1 Å². The Hall–Kier alpha value is -3.63. The lowest BCUT2D eigenvalue weighted by molar-refractivity contribution is -0.143. The minimum absolute atomic E-state index is 0.0240. The summed E-state index contributed by atoms with van der Waals surface area (Å²) in [6.07, 6.45) is -9.60. The lowest BCUT2D eigenvalue weighted by atomic mass is 10.0. The van der Waals surface area contributed by atoms with Gasteiger partial charge in [-0.1, -0.05) is 44.2 Å². The highest BCUT2D eigenvalue weighted by Crippen LogP contribution is 2.37. The predicted octanol–water partition coefficient (Wildman–Crippen LogP) is 6.97. The molecule has 1 aliphatic heterocycles. The SMILES string of the molecule is Cc1nc(-c2ccccc2)nc(N2CCCN(C(=O)c3cc(C(F)(F)F)cc(C(F)(F)F)c3)CC2)c1C(C)C. The molecule has 1 fully saturated rings. The minimum Gasteiger partial charge on any atom is -0.354 e. The molecule has 208 valence electrons. The Labute approximate surface area is 222 Å². The number of rotatable bonds is 4. The van der Waals surface area contributed by atoms with E-state index >= 15 is 0 Å². The van der Waals surface area contributed by atoms with Gasteiger partial charge in [0, 0.05) is 48.6 Å². The van der Waals surface area contributed by atoms with Crippen LogP contribution in [0.2, 0.25) is 0 Å². The molecular weight excluding hydrogens is 522 g/mol. The number of amides is 1. The molecule has 0 spiro atoms. The molecule has 5 nitrogen and oxygen atoms in total. The van der Waals surface area contributed by atoms with E-state index in [0.717, 1.165) is 16.8 Å². The third kappa shape index (κ3) is 6.34. The number of hydrogen-bond acceptors (Lipinski definition) is 4. The molecule has 39 heavy (non-hydrogen) atoms. The summed E-state index contributed by atoms with van der Waals surface area (Å²) >= 11 is 0. The fraction of sp³-hybridized carbons (Fsp3) is 0.393. The monoisotopic (exact) mass is 550 g/mol. The number of nitrogens with zero attached hydrogens (tertiary/aromatic N) is 4. The Balaban J connectivity index is 1.64. The molecule has 1 aliphatic rings. The lowest BCUT2D eigenvalue weighted by Crippen LogP contribution is -2.36. The first-order valence-corrected chi connectivity index (χ1v) is 12.5. The molecule has 0 radical (unpaired) electrons. The average Bonchev–Trinajstić information content (AvgIpc) is 3.13. The van der Waals surface area contributed by atoms with E-state index in [1.165, 1.54) is 4.90 Å². The first-order valence-electron chi connectivity index (χ1n) is 12.5. The van der Waals surface area contributed by atoms with Gasteiger partial charge in [-0.3, -0.25) is 4.79 Å². The second kappa shape index (κ2) is 10.9. The van der Waals surface area contributed by atoms with E-state index in [1.807, 2.05) is 56.0 Å². The number of aromatic nitrogens is 2. The zero-order valence-corrected chi connectivity index (χ0v) is 21.7. The Morgan fingerprint density at radius 3 is 2.03 bits per heavy atom. The van der Waals surface area contributed by atoms with Crippen molar-refractivity contribution in [3.8, 4) is 11.4 Å². The van der Waals surface area contributed by atoms with Crippen LogP contribution in [0.1, 0.15) is 58.9 Å². The van der Waals surface area contributed by atoms with Crippen molar-refractivity contribution in [2.45, 2.75) is 45.5 Å². The number of anilines is 1. The second-order valence-corrected chi connectivity index (χ2v) is 9.82. The van der Waals surface area contributed by atoms with Crippen molar-refractivity contribution in [1.29, 1.82) is 0 Å². The van der Waals surface area contributed by atoms with Crippen LogP contribution >= 0.6 is 0 Å². The van der Waals surface area contributed by atoms with Gasteiger partial charge in [-0.2, -0.15) is 26.3 Å². The van der Waals surface area contributed by atoms with Crippen LogP contribution in [0.4, 0.5) is 32.2 Å². The van der Waals surface area contributed by atoms with E-state index in [2.05, 4.69) is 0 Å². The van der Waals surface area contributed by atoms with Gasteiger partial charge in [0.1, 0.15) is 5.82 Å². The summed E-state index contributed by atoms with van der Waals surface area (Å²) in [4.78, 5) is 26.0. The van der Waals surface area contributed by atoms with Crippen LogP contribution in [-0.2, 0) is 12.4 Å². The normalized spacial score (nSPS) is 15.0. The van der Waals surface area contributed by atoms with Crippen LogP contribution in [-0.4, -0.2) is 47.0 Å². The van der Waals surface area contributed by atoms with Gasteiger partial charge < -0.3 is 9.80 Å². The van der Waals surface area contributed by atoms with Gasteiger partial charge in [-0.25, -0.2) is 9.97 Å². The molecule has 4 rings (SSSR count). The molecule has 2 heterocycles. The Bertz CT molecular complexity index is 1310. The molecule has 1 amide bonds. The molecule has 0 atom stereocenters. The van der Waals surface area contributed by atoms with Crippen LogP contribution in [0.15, 0.2) is 48.5 Å². The van der Waals surface area contributed by atoms with Crippen LogP contribution in [0.25, 0.3) is 11.4 Å². The van der Waals surface area contributed by atoms with Crippen molar-refractivity contribution in [3.63, 3.8) is 0 Å². The third-order valence-corrected chi connectivity index (χ3v) is 6.64. The van der Waals surface area contributed by atoms with Crippen molar-refractivity contribution in [2.75, 3.05) is 31.1 Å². The first kappa shape index (κ1) is 28.4. The van der Waals surface area contributed by atoms with Gasteiger partial charge in [0.25, 0.3) is 5.91 Å². The van der Waals surface area contributed by atoms with Gasteiger partial charge in [-0.05, 0) is 37.5 Å². The number of halogens is 6. The van der Waals surface area contributed by atoms with E-state index < -0.39 is 35.0 Å². The van der Waals surface area contributed by atoms with E-state index in [-0.39, 0.29) is 25.1 Å². The summed E-state index contributed by atoms with van der Waals surface area (Å²) in [6.45, 7) is 7.06. The number of alkyl halides is 6. The fourth-order valence-electron chi connectivity index (χ4n) is 4.79. The molecule has 0 bridgehead atoms.